The van der Waals surface area contributed by atoms with Gasteiger partial charge in [-0.25, -0.2) is 0 Å². The van der Waals surface area contributed by atoms with E-state index in [9.17, 15) is 0 Å². The van der Waals surface area contributed by atoms with Crippen molar-refractivity contribution in [3.8, 4) is 18.4 Å². The lowest BCUT2D eigenvalue weighted by molar-refractivity contribution is 1.27. The minimum Gasteiger partial charge on any atom is -0.0958 e. The van der Waals surface area contributed by atoms with Crippen LogP contribution < -0.4 is 0 Å². The highest BCUT2D eigenvalue weighted by Crippen LogP contribution is 1.67. The second-order valence-electron chi connectivity index (χ2n) is 1.05. The summed E-state index contributed by atoms with van der Waals surface area (Å²) in [5.74, 6) is 5.57. The second kappa shape index (κ2) is 5.05. The van der Waals surface area contributed by atoms with E-state index in [1.807, 2.05) is 6.92 Å². The molecule has 1 nitrogen and oxygen atoms in total. The quantitative estimate of drug-likeness (QED) is 0.399. The Morgan fingerprint density at radius 3 is 2.71 bits per heavy atom. The van der Waals surface area contributed by atoms with E-state index in [1.165, 1.54) is 0 Å². The first kappa shape index (κ1) is 6.05. The standard InChI is InChI=1S/C6H8N/c1-3-4-5-6-7-2/h2H,3,6H2,1H3/q+1. The minimum atomic E-state index is 0.466. The van der Waals surface area contributed by atoms with Crippen LogP contribution in [-0.4, -0.2) is 6.54 Å². The molecule has 0 aliphatic heterocycles. The number of rotatable bonds is 0. The van der Waals surface area contributed by atoms with Gasteiger partial charge in [-0.3, -0.25) is 0 Å². The summed E-state index contributed by atoms with van der Waals surface area (Å²) in [6, 6.07) is 0. The molecule has 0 aromatic carbocycles. The predicted molar refractivity (Wildman–Crippen MR) is 31.2 cm³/mol. The molecule has 0 saturated carbocycles. The summed E-state index contributed by atoms with van der Waals surface area (Å²) in [6.07, 6.45) is 0.884. The first-order valence-electron chi connectivity index (χ1n) is 2.24. The van der Waals surface area contributed by atoms with Gasteiger partial charge in [-0.15, -0.1) is 0 Å². The maximum atomic E-state index is 4.79. The summed E-state index contributed by atoms with van der Waals surface area (Å²) in [5.41, 5.74) is 0. The Morgan fingerprint density at radius 2 is 2.29 bits per heavy atom. The van der Waals surface area contributed by atoms with E-state index in [2.05, 4.69) is 16.7 Å². The molecule has 0 rings (SSSR count). The lowest BCUT2D eigenvalue weighted by Crippen LogP contribution is -1.62. The van der Waals surface area contributed by atoms with Gasteiger partial charge in [0.05, 0.1) is 0 Å². The van der Waals surface area contributed by atoms with Gasteiger partial charge in [0, 0.05) is 6.42 Å². The van der Waals surface area contributed by atoms with Crippen molar-refractivity contribution in [2.24, 2.45) is 0 Å². The third-order valence-electron chi connectivity index (χ3n) is 0.472. The first-order valence-corrected chi connectivity index (χ1v) is 2.24. The van der Waals surface area contributed by atoms with Crippen molar-refractivity contribution in [3.05, 3.63) is 4.85 Å². The molecule has 36 valence electrons. The lowest BCUT2D eigenvalue weighted by atomic mass is 10.5. The molecular formula is C6H8N+. The van der Waals surface area contributed by atoms with Crippen molar-refractivity contribution < 1.29 is 0 Å². The highest BCUT2D eigenvalue weighted by Gasteiger charge is 1.71. The van der Waals surface area contributed by atoms with Gasteiger partial charge in [0.15, 0.2) is 0 Å². The van der Waals surface area contributed by atoms with E-state index in [1.54, 1.807) is 0 Å². The second-order valence-corrected chi connectivity index (χ2v) is 1.05. The van der Waals surface area contributed by atoms with Crippen LogP contribution in [0.2, 0.25) is 0 Å². The molecule has 0 saturated heterocycles. The van der Waals surface area contributed by atoms with Gasteiger partial charge in [0.25, 0.3) is 6.57 Å². The Morgan fingerprint density at radius 1 is 1.57 bits per heavy atom. The van der Waals surface area contributed by atoms with Gasteiger partial charge in [0.1, 0.15) is 0 Å². The molecule has 0 fully saturated rings. The number of hydrogen-bond acceptors (Lipinski definition) is 0. The molecule has 0 N–H and O–H groups in total. The van der Waals surface area contributed by atoms with Crippen LogP contribution >= 0.6 is 0 Å². The fraction of sp³-hybridized carbons (Fsp3) is 0.500. The summed E-state index contributed by atoms with van der Waals surface area (Å²) in [7, 11) is 0. The summed E-state index contributed by atoms with van der Waals surface area (Å²) in [4.78, 5) is 3.30. The summed E-state index contributed by atoms with van der Waals surface area (Å²) in [5, 5.41) is 0. The summed E-state index contributed by atoms with van der Waals surface area (Å²) in [6.45, 7) is 7.25. The monoisotopic (exact) mass is 94.1 g/mol. The lowest BCUT2D eigenvalue weighted by Gasteiger charge is -1.60. The van der Waals surface area contributed by atoms with Gasteiger partial charge >= 0.3 is 6.54 Å². The molecule has 0 aromatic rings. The van der Waals surface area contributed by atoms with Crippen molar-refractivity contribution in [2.75, 3.05) is 6.54 Å². The molecule has 0 radical (unpaired) electrons. The third kappa shape index (κ3) is 5.05. The van der Waals surface area contributed by atoms with Gasteiger partial charge in [0.2, 0.25) is 0 Å². The molecule has 7 heavy (non-hydrogen) atoms. The average molecular weight is 94.1 g/mol. The molecule has 0 aliphatic rings. The van der Waals surface area contributed by atoms with Crippen molar-refractivity contribution in [1.29, 1.82) is 0 Å². The Balaban J connectivity index is 3.12. The molecule has 1 heteroatoms. The van der Waals surface area contributed by atoms with Gasteiger partial charge in [-0.05, 0) is 5.92 Å². The van der Waals surface area contributed by atoms with Crippen LogP contribution in [0.1, 0.15) is 13.3 Å². The highest BCUT2D eigenvalue weighted by molar-refractivity contribution is 5.03. The zero-order chi connectivity index (χ0) is 5.54. The molecule has 0 spiro atoms. The van der Waals surface area contributed by atoms with Crippen LogP contribution in [0.3, 0.4) is 0 Å². The van der Waals surface area contributed by atoms with Crippen LogP contribution in [0.25, 0.3) is 4.85 Å². The van der Waals surface area contributed by atoms with Crippen molar-refractivity contribution in [2.45, 2.75) is 13.3 Å². The summed E-state index contributed by atoms with van der Waals surface area (Å²) < 4.78 is 0. The van der Waals surface area contributed by atoms with Gasteiger partial charge in [-0.1, -0.05) is 17.7 Å². The van der Waals surface area contributed by atoms with Gasteiger partial charge < -0.3 is 0 Å². The van der Waals surface area contributed by atoms with E-state index >= 15 is 0 Å². The molecule has 0 aromatic heterocycles. The summed E-state index contributed by atoms with van der Waals surface area (Å²) >= 11 is 0. The van der Waals surface area contributed by atoms with Crippen molar-refractivity contribution >= 4 is 0 Å². The van der Waals surface area contributed by atoms with E-state index in [0.29, 0.717) is 6.54 Å². The SMILES string of the molecule is C#[N+]CC#CCC. The molecular weight excluding hydrogens is 86.1 g/mol. The number of nitrogens with zero attached hydrogens (tertiary/aromatic N) is 1. The van der Waals surface area contributed by atoms with Crippen LogP contribution in [0.15, 0.2) is 0 Å². The van der Waals surface area contributed by atoms with E-state index < -0.39 is 0 Å². The van der Waals surface area contributed by atoms with E-state index in [4.69, 9.17) is 6.57 Å². The first-order chi connectivity index (χ1) is 3.41. The topological polar surface area (TPSA) is 4.36 Å². The largest absolute Gasteiger partial charge is 0.322 e. The fourth-order valence-electron chi connectivity index (χ4n) is 0.227. The molecule has 0 atom stereocenters. The van der Waals surface area contributed by atoms with Crippen LogP contribution in [0, 0.1) is 18.4 Å². The minimum absolute atomic E-state index is 0.466. The Kier molecular flexibility index (Phi) is 4.36. The maximum absolute atomic E-state index is 4.79. The van der Waals surface area contributed by atoms with Crippen molar-refractivity contribution in [1.82, 2.24) is 0 Å². The molecule has 0 heterocycles. The average Bonchev–Trinajstić information content (AvgIpc) is 1.69. The van der Waals surface area contributed by atoms with Gasteiger partial charge in [-0.2, -0.15) is 0 Å². The zero-order valence-corrected chi connectivity index (χ0v) is 4.44. The Labute approximate surface area is 44.2 Å². The Bertz CT molecular complexity index is 119. The van der Waals surface area contributed by atoms with E-state index in [-0.39, 0.29) is 0 Å². The Hall–Kier alpha value is -0.950. The molecule has 0 amide bonds. The zero-order valence-electron chi connectivity index (χ0n) is 4.44. The van der Waals surface area contributed by atoms with Crippen LogP contribution in [0.4, 0.5) is 0 Å². The van der Waals surface area contributed by atoms with Crippen molar-refractivity contribution in [3.63, 3.8) is 0 Å². The normalized spacial score (nSPS) is 5.71. The smallest absolute Gasteiger partial charge is 0.0958 e. The molecule has 0 bridgehead atoms. The van der Waals surface area contributed by atoms with Crippen LogP contribution in [0.5, 0.6) is 0 Å². The third-order valence-corrected chi connectivity index (χ3v) is 0.472. The predicted octanol–water partition coefficient (Wildman–Crippen LogP) is 1.36. The number of hydrogen-bond donors (Lipinski definition) is 0. The van der Waals surface area contributed by atoms with Crippen LogP contribution in [-0.2, 0) is 0 Å². The van der Waals surface area contributed by atoms with E-state index in [0.717, 1.165) is 6.42 Å². The highest BCUT2D eigenvalue weighted by atomic mass is 14.6. The fourth-order valence-corrected chi connectivity index (χ4v) is 0.227. The maximum Gasteiger partial charge on any atom is 0.322 e. The molecule has 0 unspecified atom stereocenters. The molecule has 0 aliphatic carbocycles.